The number of nitrogens with one attached hydrogen (secondary N) is 2. The minimum Gasteiger partial charge on any atom is -0.462 e. The van der Waals surface area contributed by atoms with Gasteiger partial charge in [-0.1, -0.05) is 23.7 Å². The molecule has 0 spiro atoms. The molecule has 7 heteroatoms. The lowest BCUT2D eigenvalue weighted by molar-refractivity contribution is -0.148. The van der Waals surface area contributed by atoms with Crippen LogP contribution in [0.4, 0.5) is 0 Å². The Hall–Kier alpha value is -1.02. The maximum absolute atomic E-state index is 11.7. The summed E-state index contributed by atoms with van der Waals surface area (Å²) in [5.41, 5.74) is 1.13. The number of hydrogen-bond donors (Lipinski definition) is 2. The highest BCUT2D eigenvalue weighted by Gasteiger charge is 2.18. The number of esters is 1. The van der Waals surface area contributed by atoms with Gasteiger partial charge < -0.3 is 15.4 Å². The molecular formula is C18H27ClIN3O2. The van der Waals surface area contributed by atoms with E-state index in [2.05, 4.69) is 15.6 Å². The van der Waals surface area contributed by atoms with E-state index >= 15 is 0 Å². The number of benzene rings is 1. The molecule has 0 aliphatic heterocycles. The molecule has 0 bridgehead atoms. The van der Waals surface area contributed by atoms with Gasteiger partial charge in [0.2, 0.25) is 0 Å². The van der Waals surface area contributed by atoms with Crippen LogP contribution in [-0.2, 0) is 16.1 Å². The van der Waals surface area contributed by atoms with Gasteiger partial charge in [-0.15, -0.1) is 24.0 Å². The van der Waals surface area contributed by atoms with Crippen molar-refractivity contribution in [2.75, 3.05) is 13.6 Å². The van der Waals surface area contributed by atoms with Gasteiger partial charge in [0, 0.05) is 31.6 Å². The summed E-state index contributed by atoms with van der Waals surface area (Å²) < 4.78 is 5.44. The summed E-state index contributed by atoms with van der Waals surface area (Å²) in [4.78, 5) is 15.9. The molecular weight excluding hydrogens is 453 g/mol. The second-order valence-corrected chi connectivity index (χ2v) is 6.42. The second kappa shape index (κ2) is 12.4. The fourth-order valence-corrected chi connectivity index (χ4v) is 2.83. The lowest BCUT2D eigenvalue weighted by Gasteiger charge is -2.13. The van der Waals surface area contributed by atoms with Gasteiger partial charge in [-0.25, -0.2) is 0 Å². The van der Waals surface area contributed by atoms with E-state index in [9.17, 15) is 4.79 Å². The van der Waals surface area contributed by atoms with Crippen LogP contribution in [0, 0.1) is 0 Å². The van der Waals surface area contributed by atoms with Crippen molar-refractivity contribution in [1.82, 2.24) is 10.6 Å². The fourth-order valence-electron chi connectivity index (χ4n) is 2.70. The van der Waals surface area contributed by atoms with E-state index in [1.165, 1.54) is 12.8 Å². The minimum absolute atomic E-state index is 0. The third-order valence-electron chi connectivity index (χ3n) is 4.05. The average Bonchev–Trinajstić information content (AvgIpc) is 3.08. The Morgan fingerprint density at radius 2 is 1.92 bits per heavy atom. The van der Waals surface area contributed by atoms with Crippen LogP contribution >= 0.6 is 35.6 Å². The van der Waals surface area contributed by atoms with Gasteiger partial charge in [0.15, 0.2) is 5.96 Å². The second-order valence-electron chi connectivity index (χ2n) is 5.98. The van der Waals surface area contributed by atoms with E-state index in [-0.39, 0.29) is 36.0 Å². The Morgan fingerprint density at radius 1 is 1.24 bits per heavy atom. The molecule has 2 N–H and O–H groups in total. The van der Waals surface area contributed by atoms with Crippen molar-refractivity contribution in [2.24, 2.45) is 4.99 Å². The molecule has 25 heavy (non-hydrogen) atoms. The lowest BCUT2D eigenvalue weighted by Crippen LogP contribution is -2.37. The van der Waals surface area contributed by atoms with Gasteiger partial charge in [-0.05, 0) is 49.8 Å². The van der Waals surface area contributed by atoms with Gasteiger partial charge in [0.25, 0.3) is 0 Å². The molecule has 0 saturated heterocycles. The highest BCUT2D eigenvalue weighted by Crippen LogP contribution is 2.21. The van der Waals surface area contributed by atoms with Crippen molar-refractivity contribution in [1.29, 1.82) is 0 Å². The van der Waals surface area contributed by atoms with Crippen molar-refractivity contribution in [3.8, 4) is 0 Å². The summed E-state index contributed by atoms with van der Waals surface area (Å²) >= 11 is 5.87. The summed E-state index contributed by atoms with van der Waals surface area (Å²) in [6.45, 7) is 1.35. The van der Waals surface area contributed by atoms with Gasteiger partial charge in [-0.3, -0.25) is 9.79 Å². The molecule has 0 radical (unpaired) electrons. The number of rotatable bonds is 7. The third kappa shape index (κ3) is 8.76. The molecule has 1 aliphatic rings. The molecule has 5 nitrogen and oxygen atoms in total. The molecule has 1 aromatic rings. The molecule has 1 fully saturated rings. The van der Waals surface area contributed by atoms with Crippen molar-refractivity contribution in [2.45, 2.75) is 51.2 Å². The maximum atomic E-state index is 11.7. The number of halogens is 2. The monoisotopic (exact) mass is 479 g/mol. The maximum Gasteiger partial charge on any atom is 0.306 e. The number of carbonyl (C=O) groups is 1. The molecule has 2 rings (SSSR count). The van der Waals surface area contributed by atoms with Crippen LogP contribution in [0.25, 0.3) is 0 Å². The van der Waals surface area contributed by atoms with E-state index in [0.717, 1.165) is 29.8 Å². The molecule has 0 aromatic heterocycles. The normalized spacial score (nSPS) is 14.7. The van der Waals surface area contributed by atoms with Crippen molar-refractivity contribution >= 4 is 47.5 Å². The summed E-state index contributed by atoms with van der Waals surface area (Å²) in [5, 5.41) is 7.16. The fraction of sp³-hybridized carbons (Fsp3) is 0.556. The minimum atomic E-state index is -0.0900. The first-order chi connectivity index (χ1) is 11.7. The van der Waals surface area contributed by atoms with E-state index in [1.807, 2.05) is 24.3 Å². The van der Waals surface area contributed by atoms with E-state index in [0.29, 0.717) is 25.5 Å². The predicted octanol–water partition coefficient (Wildman–Crippen LogP) is 3.89. The first-order valence-corrected chi connectivity index (χ1v) is 8.93. The molecule has 140 valence electrons. The van der Waals surface area contributed by atoms with Gasteiger partial charge in [0.05, 0.1) is 0 Å². The smallest absolute Gasteiger partial charge is 0.306 e. The highest BCUT2D eigenvalue weighted by atomic mass is 127. The Bertz CT molecular complexity index is 546. The van der Waals surface area contributed by atoms with Crippen LogP contribution in [0.2, 0.25) is 5.02 Å². The predicted molar refractivity (Wildman–Crippen MR) is 113 cm³/mol. The summed E-state index contributed by atoms with van der Waals surface area (Å²) in [6, 6.07) is 7.68. The standard InChI is InChI=1S/C18H26ClN3O2.HI/c1-20-18(22-13-14-8-10-15(19)11-9-14)21-12-4-7-17(23)24-16-5-2-3-6-16;/h8-11,16H,2-7,12-13H2,1H3,(H2,20,21,22);1H. The zero-order chi connectivity index (χ0) is 17.2. The topological polar surface area (TPSA) is 62.7 Å². The lowest BCUT2D eigenvalue weighted by atomic mass is 10.2. The Morgan fingerprint density at radius 3 is 2.56 bits per heavy atom. The first kappa shape index (κ1) is 22.0. The Labute approximate surface area is 172 Å². The molecule has 1 aromatic carbocycles. The molecule has 1 aliphatic carbocycles. The SMILES string of the molecule is CN=C(NCCCC(=O)OC1CCCC1)NCc1ccc(Cl)cc1.I. The summed E-state index contributed by atoms with van der Waals surface area (Å²) in [6.07, 6.45) is 5.71. The van der Waals surface area contributed by atoms with Crippen molar-refractivity contribution in [3.05, 3.63) is 34.9 Å². The van der Waals surface area contributed by atoms with Crippen molar-refractivity contribution in [3.63, 3.8) is 0 Å². The van der Waals surface area contributed by atoms with Gasteiger partial charge >= 0.3 is 5.97 Å². The van der Waals surface area contributed by atoms with Crippen LogP contribution in [0.1, 0.15) is 44.1 Å². The number of ether oxygens (including phenoxy) is 1. The zero-order valence-corrected chi connectivity index (χ0v) is 17.7. The van der Waals surface area contributed by atoms with Crippen LogP contribution < -0.4 is 10.6 Å². The molecule has 0 amide bonds. The van der Waals surface area contributed by atoms with Crippen LogP contribution in [0.3, 0.4) is 0 Å². The van der Waals surface area contributed by atoms with Gasteiger partial charge in [0.1, 0.15) is 6.10 Å². The number of aliphatic imine (C=N–C) groups is 1. The largest absolute Gasteiger partial charge is 0.462 e. The van der Waals surface area contributed by atoms with E-state index in [4.69, 9.17) is 16.3 Å². The highest BCUT2D eigenvalue weighted by molar-refractivity contribution is 14.0. The van der Waals surface area contributed by atoms with Crippen LogP contribution in [-0.4, -0.2) is 31.6 Å². The van der Waals surface area contributed by atoms with E-state index in [1.54, 1.807) is 7.05 Å². The zero-order valence-electron chi connectivity index (χ0n) is 14.6. The number of carbonyl (C=O) groups excluding carboxylic acids is 1. The molecule has 0 unspecified atom stereocenters. The Kier molecular flexibility index (Phi) is 10.9. The number of hydrogen-bond acceptors (Lipinski definition) is 3. The average molecular weight is 480 g/mol. The molecule has 1 saturated carbocycles. The molecule has 0 atom stereocenters. The summed E-state index contributed by atoms with van der Waals surface area (Å²) in [5.74, 6) is 0.627. The van der Waals surface area contributed by atoms with Crippen LogP contribution in [0.5, 0.6) is 0 Å². The van der Waals surface area contributed by atoms with Crippen LogP contribution in [0.15, 0.2) is 29.3 Å². The number of guanidine groups is 1. The van der Waals surface area contributed by atoms with E-state index < -0.39 is 0 Å². The van der Waals surface area contributed by atoms with Gasteiger partial charge in [-0.2, -0.15) is 0 Å². The van der Waals surface area contributed by atoms with Crippen molar-refractivity contribution < 1.29 is 9.53 Å². The summed E-state index contributed by atoms with van der Waals surface area (Å²) in [7, 11) is 1.73. The molecule has 0 heterocycles. The first-order valence-electron chi connectivity index (χ1n) is 8.56. The third-order valence-corrected chi connectivity index (χ3v) is 4.30. The quantitative estimate of drug-likeness (QED) is 0.205. The number of nitrogens with zero attached hydrogens (tertiary/aromatic N) is 1. The Balaban J connectivity index is 0.00000312.